The van der Waals surface area contributed by atoms with Crippen LogP contribution in [0.1, 0.15) is 76.0 Å². The van der Waals surface area contributed by atoms with Gasteiger partial charge in [0.15, 0.2) is 5.75 Å². The molecule has 0 aliphatic heterocycles. The highest BCUT2D eigenvalue weighted by Crippen LogP contribution is 2.38. The summed E-state index contributed by atoms with van der Waals surface area (Å²) in [5.74, 6) is 1.85. The van der Waals surface area contributed by atoms with Crippen LogP contribution in [0.2, 0.25) is 0 Å². The smallest absolute Gasteiger partial charge is 0.168 e. The predicted octanol–water partition coefficient (Wildman–Crippen LogP) is 4.91. The third-order valence-corrected chi connectivity index (χ3v) is 3.16. The molecule has 0 aliphatic carbocycles. The number of rotatable bonds is 4. The molecule has 2 heteroatoms. The van der Waals surface area contributed by atoms with E-state index in [1.54, 1.807) is 0 Å². The van der Waals surface area contributed by atoms with E-state index in [9.17, 15) is 0 Å². The molecule has 0 atom stereocenters. The molecule has 96 valence electrons. The maximum Gasteiger partial charge on any atom is 0.168 e. The fraction of sp³-hybridized carbons (Fsp3) is 0.600. The van der Waals surface area contributed by atoms with E-state index < -0.39 is 0 Å². The molecule has 0 amide bonds. The molecule has 0 saturated carbocycles. The first-order valence-corrected chi connectivity index (χ1v) is 6.38. The molecule has 17 heavy (non-hydrogen) atoms. The van der Waals surface area contributed by atoms with Crippen molar-refractivity contribution in [1.82, 2.24) is 0 Å². The minimum atomic E-state index is 0.341. The van der Waals surface area contributed by atoms with E-state index in [2.05, 4.69) is 52.5 Å². The molecule has 1 N–H and O–H groups in total. The molecule has 0 unspecified atom stereocenters. The Labute approximate surface area is 105 Å². The summed E-state index contributed by atoms with van der Waals surface area (Å²) in [4.78, 5) is 4.53. The van der Waals surface area contributed by atoms with Crippen molar-refractivity contribution in [3.05, 3.63) is 28.8 Å². The van der Waals surface area contributed by atoms with Crippen LogP contribution in [0.4, 0.5) is 0 Å². The summed E-state index contributed by atoms with van der Waals surface area (Å²) in [6.07, 6.45) is 0. The fourth-order valence-electron chi connectivity index (χ4n) is 2.46. The van der Waals surface area contributed by atoms with Crippen LogP contribution < -0.4 is 4.89 Å². The highest BCUT2D eigenvalue weighted by molar-refractivity contribution is 5.49. The molecule has 0 bridgehead atoms. The number of benzene rings is 1. The SMILES string of the molecule is CC(C)c1ccc(OO)c(C(C)C)c1C(C)C. The second-order valence-electron chi connectivity index (χ2n) is 5.54. The summed E-state index contributed by atoms with van der Waals surface area (Å²) >= 11 is 0. The summed E-state index contributed by atoms with van der Waals surface area (Å²) in [5, 5.41) is 9.00. The molecule has 1 aromatic rings. The first-order valence-electron chi connectivity index (χ1n) is 6.38. The quantitative estimate of drug-likeness (QED) is 0.594. The lowest BCUT2D eigenvalue weighted by molar-refractivity contribution is -0.138. The van der Waals surface area contributed by atoms with Gasteiger partial charge >= 0.3 is 0 Å². The first-order chi connectivity index (χ1) is 7.90. The molecular formula is C15H24O2. The summed E-state index contributed by atoms with van der Waals surface area (Å²) in [6.45, 7) is 13.0. The van der Waals surface area contributed by atoms with E-state index in [1.165, 1.54) is 11.1 Å². The lowest BCUT2D eigenvalue weighted by atomic mass is 9.83. The molecular weight excluding hydrogens is 212 g/mol. The van der Waals surface area contributed by atoms with Gasteiger partial charge in [0, 0.05) is 5.56 Å². The molecule has 0 saturated heterocycles. The van der Waals surface area contributed by atoms with Crippen molar-refractivity contribution in [2.24, 2.45) is 0 Å². The van der Waals surface area contributed by atoms with Crippen LogP contribution >= 0.6 is 0 Å². The van der Waals surface area contributed by atoms with Crippen molar-refractivity contribution in [3.8, 4) is 5.75 Å². The van der Waals surface area contributed by atoms with Gasteiger partial charge < -0.3 is 4.89 Å². The van der Waals surface area contributed by atoms with Gasteiger partial charge in [-0.3, -0.25) is 0 Å². The van der Waals surface area contributed by atoms with Crippen LogP contribution in [0.25, 0.3) is 0 Å². The topological polar surface area (TPSA) is 29.5 Å². The lowest BCUT2D eigenvalue weighted by Gasteiger charge is -2.23. The molecule has 1 aromatic carbocycles. The maximum absolute atomic E-state index is 9.00. The Bertz CT molecular complexity index is 379. The molecule has 0 fully saturated rings. The zero-order valence-corrected chi connectivity index (χ0v) is 11.7. The molecule has 0 spiro atoms. The Balaban J connectivity index is 3.53. The highest BCUT2D eigenvalue weighted by atomic mass is 17.1. The third-order valence-electron chi connectivity index (χ3n) is 3.16. The van der Waals surface area contributed by atoms with Gasteiger partial charge in [0.05, 0.1) is 0 Å². The molecule has 0 heterocycles. The van der Waals surface area contributed by atoms with E-state index >= 15 is 0 Å². The zero-order valence-electron chi connectivity index (χ0n) is 11.7. The first kappa shape index (κ1) is 14.0. The van der Waals surface area contributed by atoms with Crippen molar-refractivity contribution >= 4 is 0 Å². The van der Waals surface area contributed by atoms with Crippen LogP contribution in [0.5, 0.6) is 5.75 Å². The normalized spacial score (nSPS) is 11.6. The standard InChI is InChI=1S/C15H24O2/c1-9(2)12-7-8-13(17-16)15(11(5)6)14(12)10(3)4/h7-11,16H,1-6H3. The largest absolute Gasteiger partial charge is 0.340 e. The fourth-order valence-corrected chi connectivity index (χ4v) is 2.46. The van der Waals surface area contributed by atoms with Gasteiger partial charge in [-0.2, -0.15) is 0 Å². The molecule has 1 rings (SSSR count). The molecule has 0 radical (unpaired) electrons. The Hall–Kier alpha value is -1.02. The lowest BCUT2D eigenvalue weighted by Crippen LogP contribution is -2.07. The minimum Gasteiger partial charge on any atom is -0.340 e. The Morgan fingerprint density at radius 1 is 0.824 bits per heavy atom. The van der Waals surface area contributed by atoms with Gasteiger partial charge in [0.25, 0.3) is 0 Å². The van der Waals surface area contributed by atoms with E-state index in [1.807, 2.05) is 6.07 Å². The Morgan fingerprint density at radius 2 is 1.35 bits per heavy atom. The van der Waals surface area contributed by atoms with Crippen LogP contribution in [-0.4, -0.2) is 5.26 Å². The summed E-state index contributed by atoms with van der Waals surface area (Å²) in [5.41, 5.74) is 3.81. The average Bonchev–Trinajstić information content (AvgIpc) is 2.26. The number of hydrogen-bond acceptors (Lipinski definition) is 2. The average molecular weight is 236 g/mol. The second-order valence-corrected chi connectivity index (χ2v) is 5.54. The van der Waals surface area contributed by atoms with Crippen molar-refractivity contribution in [3.63, 3.8) is 0 Å². The van der Waals surface area contributed by atoms with Gasteiger partial charge in [0.1, 0.15) is 0 Å². The van der Waals surface area contributed by atoms with Crippen LogP contribution in [0, 0.1) is 0 Å². The van der Waals surface area contributed by atoms with Crippen molar-refractivity contribution in [2.45, 2.75) is 59.3 Å². The van der Waals surface area contributed by atoms with Crippen LogP contribution in [0.15, 0.2) is 12.1 Å². The monoisotopic (exact) mass is 236 g/mol. The molecule has 0 aliphatic rings. The van der Waals surface area contributed by atoms with Crippen molar-refractivity contribution in [1.29, 1.82) is 0 Å². The van der Waals surface area contributed by atoms with Crippen LogP contribution in [-0.2, 0) is 0 Å². The highest BCUT2D eigenvalue weighted by Gasteiger charge is 2.20. The molecule has 2 nitrogen and oxygen atoms in total. The second kappa shape index (κ2) is 5.54. The molecule has 0 aromatic heterocycles. The summed E-state index contributed by atoms with van der Waals surface area (Å²) in [6, 6.07) is 3.94. The Kier molecular flexibility index (Phi) is 4.58. The third kappa shape index (κ3) is 2.81. The van der Waals surface area contributed by atoms with Crippen molar-refractivity contribution < 1.29 is 10.1 Å². The van der Waals surface area contributed by atoms with E-state index in [0.717, 1.165) is 5.56 Å². The maximum atomic E-state index is 9.00. The Morgan fingerprint density at radius 3 is 1.71 bits per heavy atom. The van der Waals surface area contributed by atoms with Gasteiger partial charge in [-0.1, -0.05) is 47.6 Å². The summed E-state index contributed by atoms with van der Waals surface area (Å²) in [7, 11) is 0. The summed E-state index contributed by atoms with van der Waals surface area (Å²) < 4.78 is 0. The predicted molar refractivity (Wildman–Crippen MR) is 72.0 cm³/mol. The van der Waals surface area contributed by atoms with Gasteiger partial charge in [0.2, 0.25) is 0 Å². The van der Waals surface area contributed by atoms with Crippen LogP contribution in [0.3, 0.4) is 0 Å². The van der Waals surface area contributed by atoms with Gasteiger partial charge in [-0.05, 0) is 34.9 Å². The van der Waals surface area contributed by atoms with E-state index in [4.69, 9.17) is 5.26 Å². The van der Waals surface area contributed by atoms with Gasteiger partial charge in [-0.15, -0.1) is 0 Å². The minimum absolute atomic E-state index is 0.341. The van der Waals surface area contributed by atoms with Gasteiger partial charge in [-0.25, -0.2) is 5.26 Å². The van der Waals surface area contributed by atoms with Crippen molar-refractivity contribution in [2.75, 3.05) is 0 Å². The van der Waals surface area contributed by atoms with E-state index in [0.29, 0.717) is 23.5 Å². The zero-order chi connectivity index (χ0) is 13.2. The van der Waals surface area contributed by atoms with E-state index in [-0.39, 0.29) is 0 Å². The number of hydrogen-bond donors (Lipinski definition) is 1.